The van der Waals surface area contributed by atoms with Crippen LogP contribution in [-0.4, -0.2) is 33.3 Å². The van der Waals surface area contributed by atoms with Gasteiger partial charge in [-0.15, -0.1) is 10.2 Å². The lowest BCUT2D eigenvalue weighted by molar-refractivity contribution is -0.479. The third kappa shape index (κ3) is 5.95. The highest BCUT2D eigenvalue weighted by Crippen LogP contribution is 2.39. The second kappa shape index (κ2) is 11.4. The van der Waals surface area contributed by atoms with Crippen LogP contribution in [0.1, 0.15) is 22.2 Å². The summed E-state index contributed by atoms with van der Waals surface area (Å²) in [6.07, 6.45) is 0. The number of hydrogen-bond donors (Lipinski definition) is 0. The standard InChI is InChI=1S/C25H22ClFN4O4S/c1-16-28-29-25(31(16)20-10-8-19(27)9-11-20)36-24(14-30(32)33)17-7-12-22(23(13-17)34-2)35-15-18-5-3-4-6-21(18)26/h3-13,24H,14-15H2,1-2H3/t24-/m0/s1. The number of nitro groups is 1. The smallest absolute Gasteiger partial charge is 0.220 e. The number of aromatic nitrogens is 3. The Hall–Kier alpha value is -3.63. The van der Waals surface area contributed by atoms with E-state index in [2.05, 4.69) is 10.2 Å². The molecular weight excluding hydrogens is 507 g/mol. The summed E-state index contributed by atoms with van der Waals surface area (Å²) < 4.78 is 26.6. The molecule has 0 saturated carbocycles. The third-order valence-electron chi connectivity index (χ3n) is 5.34. The molecule has 4 rings (SSSR count). The highest BCUT2D eigenvalue weighted by atomic mass is 35.5. The molecule has 0 radical (unpaired) electrons. The van der Waals surface area contributed by atoms with Crippen molar-refractivity contribution < 1.29 is 18.8 Å². The third-order valence-corrected chi connectivity index (χ3v) is 6.89. The van der Waals surface area contributed by atoms with Gasteiger partial charge in [0.2, 0.25) is 6.54 Å². The van der Waals surface area contributed by atoms with Crippen LogP contribution < -0.4 is 9.47 Å². The summed E-state index contributed by atoms with van der Waals surface area (Å²) in [4.78, 5) is 11.1. The molecule has 0 N–H and O–H groups in total. The summed E-state index contributed by atoms with van der Waals surface area (Å²) in [6, 6.07) is 18.4. The Kier molecular flexibility index (Phi) is 8.07. The van der Waals surface area contributed by atoms with Crippen molar-refractivity contribution >= 4 is 23.4 Å². The summed E-state index contributed by atoms with van der Waals surface area (Å²) in [5.74, 6) is 1.12. The fourth-order valence-electron chi connectivity index (χ4n) is 3.55. The van der Waals surface area contributed by atoms with Gasteiger partial charge in [-0.05, 0) is 55.0 Å². The maximum Gasteiger partial charge on any atom is 0.220 e. The fraction of sp³-hybridized carbons (Fsp3) is 0.200. The van der Waals surface area contributed by atoms with E-state index < -0.39 is 5.25 Å². The first-order valence-corrected chi connectivity index (χ1v) is 12.1. The highest BCUT2D eigenvalue weighted by Gasteiger charge is 2.25. The molecule has 0 saturated heterocycles. The van der Waals surface area contributed by atoms with E-state index in [9.17, 15) is 14.5 Å². The molecule has 0 bridgehead atoms. The number of methoxy groups -OCH3 is 1. The molecule has 1 heterocycles. The molecule has 11 heteroatoms. The summed E-state index contributed by atoms with van der Waals surface area (Å²) in [7, 11) is 1.51. The average Bonchev–Trinajstić information content (AvgIpc) is 3.23. The lowest BCUT2D eigenvalue weighted by Crippen LogP contribution is -2.11. The number of thioether (sulfide) groups is 1. The minimum absolute atomic E-state index is 0.239. The quantitative estimate of drug-likeness (QED) is 0.140. The van der Waals surface area contributed by atoms with Gasteiger partial charge in [0.05, 0.1) is 7.11 Å². The molecule has 1 atom stereocenters. The zero-order valence-electron chi connectivity index (χ0n) is 19.4. The molecular formula is C25H22ClFN4O4S. The lowest BCUT2D eigenvalue weighted by Gasteiger charge is -2.17. The Morgan fingerprint density at radius 1 is 1.11 bits per heavy atom. The topological polar surface area (TPSA) is 92.3 Å². The van der Waals surface area contributed by atoms with E-state index in [-0.39, 0.29) is 23.9 Å². The maximum atomic E-state index is 13.4. The Morgan fingerprint density at radius 2 is 1.86 bits per heavy atom. The first-order valence-electron chi connectivity index (χ1n) is 10.9. The second-order valence-corrected chi connectivity index (χ2v) is 9.33. The first kappa shape index (κ1) is 25.5. The van der Waals surface area contributed by atoms with Crippen LogP contribution in [0.3, 0.4) is 0 Å². The molecule has 186 valence electrons. The summed E-state index contributed by atoms with van der Waals surface area (Å²) >= 11 is 7.41. The lowest BCUT2D eigenvalue weighted by atomic mass is 10.1. The van der Waals surface area contributed by atoms with E-state index in [4.69, 9.17) is 21.1 Å². The zero-order chi connectivity index (χ0) is 25.7. The van der Waals surface area contributed by atoms with Crippen molar-refractivity contribution in [2.75, 3.05) is 13.7 Å². The minimum Gasteiger partial charge on any atom is -0.493 e. The molecule has 0 unspecified atom stereocenters. The molecule has 0 amide bonds. The van der Waals surface area contributed by atoms with Crippen LogP contribution in [0.15, 0.2) is 71.9 Å². The Labute approximate surface area is 216 Å². The van der Waals surface area contributed by atoms with Crippen LogP contribution in [0.2, 0.25) is 5.02 Å². The first-order chi connectivity index (χ1) is 17.4. The maximum absolute atomic E-state index is 13.4. The highest BCUT2D eigenvalue weighted by molar-refractivity contribution is 7.99. The normalized spacial score (nSPS) is 11.8. The van der Waals surface area contributed by atoms with Crippen LogP contribution in [0.25, 0.3) is 5.69 Å². The molecule has 0 aliphatic rings. The van der Waals surface area contributed by atoms with Crippen molar-refractivity contribution in [3.8, 4) is 17.2 Å². The fourth-order valence-corrected chi connectivity index (χ4v) is 4.91. The monoisotopic (exact) mass is 528 g/mol. The molecule has 0 aliphatic carbocycles. The van der Waals surface area contributed by atoms with Crippen molar-refractivity contribution in [3.63, 3.8) is 0 Å². The van der Waals surface area contributed by atoms with Crippen LogP contribution in [-0.2, 0) is 6.61 Å². The van der Waals surface area contributed by atoms with Crippen molar-refractivity contribution in [1.82, 2.24) is 14.8 Å². The van der Waals surface area contributed by atoms with Crippen molar-refractivity contribution in [3.05, 3.63) is 105 Å². The summed E-state index contributed by atoms with van der Waals surface area (Å²) in [5.41, 5.74) is 2.13. The van der Waals surface area contributed by atoms with Crippen LogP contribution in [0, 0.1) is 22.9 Å². The van der Waals surface area contributed by atoms with Gasteiger partial charge >= 0.3 is 0 Å². The van der Waals surface area contributed by atoms with Gasteiger partial charge < -0.3 is 9.47 Å². The van der Waals surface area contributed by atoms with Crippen LogP contribution >= 0.6 is 23.4 Å². The molecule has 36 heavy (non-hydrogen) atoms. The van der Waals surface area contributed by atoms with E-state index in [0.717, 1.165) is 5.56 Å². The Balaban J connectivity index is 1.61. The summed E-state index contributed by atoms with van der Waals surface area (Å²) in [5, 5.41) is 20.3. The Bertz CT molecular complexity index is 1370. The van der Waals surface area contributed by atoms with Gasteiger partial charge in [0, 0.05) is 21.2 Å². The zero-order valence-corrected chi connectivity index (χ0v) is 21.0. The van der Waals surface area contributed by atoms with Crippen molar-refractivity contribution in [2.45, 2.75) is 23.9 Å². The average molecular weight is 529 g/mol. The number of benzene rings is 3. The van der Waals surface area contributed by atoms with Gasteiger partial charge in [0.1, 0.15) is 23.5 Å². The molecule has 0 aliphatic heterocycles. The van der Waals surface area contributed by atoms with Crippen LogP contribution in [0.4, 0.5) is 4.39 Å². The number of rotatable bonds is 10. The number of hydrogen-bond acceptors (Lipinski definition) is 7. The molecule has 0 spiro atoms. The summed E-state index contributed by atoms with van der Waals surface area (Å²) in [6.45, 7) is 1.64. The van der Waals surface area contributed by atoms with E-state index in [1.165, 1.54) is 31.0 Å². The van der Waals surface area contributed by atoms with Crippen molar-refractivity contribution in [1.29, 1.82) is 0 Å². The molecule has 3 aromatic carbocycles. The molecule has 8 nitrogen and oxygen atoms in total. The van der Waals surface area contributed by atoms with E-state index in [1.807, 2.05) is 18.2 Å². The van der Waals surface area contributed by atoms with Gasteiger partial charge in [-0.3, -0.25) is 14.7 Å². The molecule has 0 fully saturated rings. The molecule has 1 aromatic heterocycles. The number of ether oxygens (including phenoxy) is 2. The van der Waals surface area contributed by atoms with Gasteiger partial charge in [-0.1, -0.05) is 47.6 Å². The van der Waals surface area contributed by atoms with Gasteiger partial charge in [-0.2, -0.15) is 0 Å². The number of aryl methyl sites for hydroxylation is 1. The Morgan fingerprint density at radius 3 is 2.56 bits per heavy atom. The predicted molar refractivity (Wildman–Crippen MR) is 135 cm³/mol. The molecule has 4 aromatic rings. The van der Waals surface area contributed by atoms with E-state index in [0.29, 0.717) is 38.8 Å². The second-order valence-electron chi connectivity index (χ2n) is 7.75. The van der Waals surface area contributed by atoms with Gasteiger partial charge in [0.15, 0.2) is 16.7 Å². The van der Waals surface area contributed by atoms with Gasteiger partial charge in [0.25, 0.3) is 0 Å². The minimum atomic E-state index is -0.602. The largest absolute Gasteiger partial charge is 0.493 e. The predicted octanol–water partition coefficient (Wildman–Crippen LogP) is 6.07. The van der Waals surface area contributed by atoms with E-state index >= 15 is 0 Å². The number of nitrogens with zero attached hydrogens (tertiary/aromatic N) is 4. The SMILES string of the molecule is COc1cc([C@H](C[N+](=O)[O-])Sc2nnc(C)n2-c2ccc(F)cc2)ccc1OCc1ccccc1Cl. The van der Waals surface area contributed by atoms with Crippen LogP contribution in [0.5, 0.6) is 11.5 Å². The van der Waals surface area contributed by atoms with Gasteiger partial charge in [-0.25, -0.2) is 4.39 Å². The number of halogens is 2. The van der Waals surface area contributed by atoms with Crippen molar-refractivity contribution in [2.24, 2.45) is 0 Å². The van der Waals surface area contributed by atoms with E-state index in [1.54, 1.807) is 47.9 Å².